The first-order chi connectivity index (χ1) is 39.7. The Hall–Kier alpha value is -1.03. The summed E-state index contributed by atoms with van der Waals surface area (Å²) in [6.07, 6.45) is 1.70. The number of rotatable bonds is 30. The smallest absolute Gasteiger partial charge is 0.297 e. The SMILES string of the molecule is C=C(Br)C[C@@H](CC[C@@]12C[C@H]3O[C@H]4[C@@H](O1)[C@H]1O[C@@H](CC(=O)C[C@@H]5[C@@H](OC)[C@@H](C[C@@H](CO[Si](C)(C)C(C)(C)C)O[Si](C)(C)C(C)(C)C)O[C@H]5C[C@H]5O[C@@H](CCCO[Si](CC)(CC)CC)C[C@@H](C)C5=C)CC[C@@H]1O[C@H]4[C@H]3O2)OS(=O)(=O)c1ccc(C)cc1. The molecule has 8 fully saturated rings. The molecule has 1 aromatic carbocycles. The first kappa shape index (κ1) is 69.9. The molecule has 0 spiro atoms. The van der Waals surface area contributed by atoms with Crippen molar-refractivity contribution in [2.45, 2.75) is 316 Å². The maximum absolute atomic E-state index is 15.0. The van der Waals surface area contributed by atoms with E-state index in [9.17, 15) is 13.2 Å². The van der Waals surface area contributed by atoms with Crippen molar-refractivity contribution in [3.05, 3.63) is 53.0 Å². The normalized spacial score (nSPS) is 34.1. The van der Waals surface area contributed by atoms with Crippen molar-refractivity contribution in [2.75, 3.05) is 20.3 Å². The van der Waals surface area contributed by atoms with Gasteiger partial charge in [-0.3, -0.25) is 8.98 Å². The van der Waals surface area contributed by atoms with Gasteiger partial charge in [0.25, 0.3) is 10.1 Å². The van der Waals surface area contributed by atoms with Crippen LogP contribution in [0.5, 0.6) is 0 Å². The third-order valence-corrected chi connectivity index (χ3v) is 36.8. The van der Waals surface area contributed by atoms with E-state index in [1.165, 1.54) is 0 Å². The van der Waals surface area contributed by atoms with Gasteiger partial charge in [0.05, 0.1) is 72.5 Å². The predicted octanol–water partition coefficient (Wildman–Crippen LogP) is 14.2. The molecule has 0 aromatic heterocycles. The molecule has 18 atom stereocenters. The number of benzene rings is 1. The highest BCUT2D eigenvalue weighted by molar-refractivity contribution is 9.11. The largest absolute Gasteiger partial charge is 0.417 e. The number of carbonyl (C=O) groups excluding carboxylic acids is 1. The second-order valence-corrected chi connectivity index (χ2v) is 46.4. The second-order valence-electron chi connectivity index (χ2n) is 29.4. The summed E-state index contributed by atoms with van der Waals surface area (Å²) < 4.78 is 110. The van der Waals surface area contributed by atoms with Crippen molar-refractivity contribution in [2.24, 2.45) is 11.8 Å². The van der Waals surface area contributed by atoms with E-state index in [1.54, 1.807) is 31.4 Å². The molecule has 8 aliphatic rings. The zero-order chi connectivity index (χ0) is 62.2. The number of aryl methyl sites for hydroxylation is 1. The number of ketones is 1. The molecule has 15 nitrogen and oxygen atoms in total. The van der Waals surface area contributed by atoms with Crippen molar-refractivity contribution in [1.82, 2.24) is 0 Å². The number of halogens is 1. The quantitative estimate of drug-likeness (QED) is 0.0309. The van der Waals surface area contributed by atoms with Crippen LogP contribution in [0.2, 0.25) is 54.4 Å². The van der Waals surface area contributed by atoms with E-state index >= 15 is 0 Å². The molecule has 8 aliphatic heterocycles. The van der Waals surface area contributed by atoms with Crippen molar-refractivity contribution >= 4 is 56.8 Å². The molecule has 8 heterocycles. The van der Waals surface area contributed by atoms with Crippen LogP contribution in [0.15, 0.2) is 52.4 Å². The Bertz CT molecular complexity index is 2530. The lowest BCUT2D eigenvalue weighted by Gasteiger charge is -2.47. The fraction of sp³-hybridized carbons (Fsp3) is 0.831. The van der Waals surface area contributed by atoms with Crippen LogP contribution >= 0.6 is 15.9 Å². The summed E-state index contributed by atoms with van der Waals surface area (Å²) in [4.78, 5) is 15.1. The van der Waals surface area contributed by atoms with Crippen molar-refractivity contribution in [3.63, 3.8) is 0 Å². The maximum atomic E-state index is 15.0. The van der Waals surface area contributed by atoms with E-state index in [4.69, 9.17) is 55.4 Å². The minimum atomic E-state index is -4.08. The maximum Gasteiger partial charge on any atom is 0.297 e. The van der Waals surface area contributed by atoms with Gasteiger partial charge in [0, 0.05) is 64.6 Å². The highest BCUT2D eigenvalue weighted by Crippen LogP contribution is 2.55. The Kier molecular flexibility index (Phi) is 23.1. The molecular formula is C65H109BrO15SSi3. The van der Waals surface area contributed by atoms with Gasteiger partial charge in [-0.1, -0.05) is 116 Å². The Labute approximate surface area is 523 Å². The zero-order valence-corrected chi connectivity index (χ0v) is 60.1. The average Bonchev–Trinajstić information content (AvgIpc) is 1.58. The topological polar surface area (TPSA) is 162 Å². The molecule has 0 radical (unpaired) electrons. The van der Waals surface area contributed by atoms with E-state index < -0.39 is 77.5 Å². The van der Waals surface area contributed by atoms with Gasteiger partial charge in [0.2, 0.25) is 0 Å². The summed E-state index contributed by atoms with van der Waals surface area (Å²) in [6.45, 7) is 43.7. The summed E-state index contributed by atoms with van der Waals surface area (Å²) in [7, 11) is -8.48. The van der Waals surface area contributed by atoms with E-state index in [1.807, 2.05) is 6.92 Å². The first-order valence-electron chi connectivity index (χ1n) is 32.4. The van der Waals surface area contributed by atoms with Crippen LogP contribution in [-0.2, 0) is 70.3 Å². The molecule has 0 N–H and O–H groups in total. The standard InChI is InChI=1S/C65H109BrO15SSi3/c1-19-85(20-2,21-3)71-32-22-23-46-33-42(5)44(7)53(73-46)38-54-51(57(70-14)55(75-54)37-49(81-84(17,18)64(11,12)13)40-72-83(15,16)63(8,9)10)36-45(67)35-47-26-29-52-58(74-47)62-61-60(76-52)59-56(77-61)39-65(78-59,79-62)31-30-48(34-43(6)66)80-82(68,69)50-27-24-41(4)25-28-50/h24-25,27-28,42,46-49,51-62H,6-7,19-23,26,29-40H2,1-5,8-18H3/t42-,46+,47-,48-,49+,51+,52+,53-,54+,55-,56-,57-,58+,59+,60+,61-,62+,65+/m1/s1. The molecule has 1 aromatic rings. The molecule has 9 rings (SSSR count). The molecule has 6 bridgehead atoms. The van der Waals surface area contributed by atoms with Crippen LogP contribution in [0, 0.1) is 18.8 Å². The van der Waals surface area contributed by atoms with Gasteiger partial charge in [0.1, 0.15) is 36.3 Å². The number of hydrogen-bond donors (Lipinski definition) is 0. The Morgan fingerprint density at radius 1 is 0.800 bits per heavy atom. The Balaban J connectivity index is 0.986. The van der Waals surface area contributed by atoms with Crippen LogP contribution in [0.1, 0.15) is 158 Å². The molecule has 484 valence electrons. The van der Waals surface area contributed by atoms with E-state index in [-0.39, 0.29) is 107 Å². The summed E-state index contributed by atoms with van der Waals surface area (Å²) in [5, 5.41) is -0.0131. The van der Waals surface area contributed by atoms with Gasteiger partial charge < -0.3 is 51.2 Å². The molecule has 0 aliphatic carbocycles. The third-order valence-electron chi connectivity index (χ3n) is 21.4. The van der Waals surface area contributed by atoms with Gasteiger partial charge >= 0.3 is 0 Å². The van der Waals surface area contributed by atoms with Gasteiger partial charge in [-0.25, -0.2) is 0 Å². The minimum absolute atomic E-state index is 0.0179. The summed E-state index contributed by atoms with van der Waals surface area (Å²) in [5.41, 5.74) is 2.02. The van der Waals surface area contributed by atoms with Crippen LogP contribution in [0.3, 0.4) is 0 Å². The van der Waals surface area contributed by atoms with Gasteiger partial charge in [-0.2, -0.15) is 8.42 Å². The number of ether oxygens (including phenoxy) is 8. The van der Waals surface area contributed by atoms with E-state index in [2.05, 4.69) is 125 Å². The third kappa shape index (κ3) is 16.4. The number of Topliss-reactive ketones (excluding diaryl/α,β-unsaturated/α-hetero) is 1. The molecule has 85 heavy (non-hydrogen) atoms. The molecule has 0 unspecified atom stereocenters. The van der Waals surface area contributed by atoms with Crippen LogP contribution < -0.4 is 0 Å². The Morgan fingerprint density at radius 2 is 1.45 bits per heavy atom. The zero-order valence-electron chi connectivity index (χ0n) is 54.7. The molecule has 0 amide bonds. The van der Waals surface area contributed by atoms with Crippen molar-refractivity contribution in [1.29, 1.82) is 0 Å². The minimum Gasteiger partial charge on any atom is -0.417 e. The number of hydrogen-bond acceptors (Lipinski definition) is 15. The number of fused-ring (bicyclic) bond motifs is 1. The number of methoxy groups -OCH3 is 1. The first-order valence-corrected chi connectivity index (χ1v) is 42.9. The monoisotopic (exact) mass is 1320 g/mol. The van der Waals surface area contributed by atoms with Gasteiger partial charge in [0.15, 0.2) is 30.7 Å². The lowest BCUT2D eigenvalue weighted by atomic mass is 9.81. The van der Waals surface area contributed by atoms with Crippen LogP contribution in [0.25, 0.3) is 0 Å². The summed E-state index contributed by atoms with van der Waals surface area (Å²) >= 11 is 3.46. The fourth-order valence-electron chi connectivity index (χ4n) is 13.9. The lowest BCUT2D eigenvalue weighted by Crippen LogP contribution is -2.61. The molecular weight excluding hydrogens is 1220 g/mol. The van der Waals surface area contributed by atoms with Gasteiger partial charge in [-0.15, -0.1) is 0 Å². The highest BCUT2D eigenvalue weighted by Gasteiger charge is 2.69. The number of carbonyl (C=O) groups is 1. The van der Waals surface area contributed by atoms with E-state index in [0.717, 1.165) is 55.1 Å². The Morgan fingerprint density at radius 3 is 2.08 bits per heavy atom. The predicted molar refractivity (Wildman–Crippen MR) is 343 cm³/mol. The van der Waals surface area contributed by atoms with Gasteiger partial charge in [-0.05, 0) is 128 Å². The summed E-state index contributed by atoms with van der Waals surface area (Å²) in [6, 6.07) is 10.0. The van der Waals surface area contributed by atoms with Crippen LogP contribution in [0.4, 0.5) is 0 Å². The van der Waals surface area contributed by atoms with E-state index in [0.29, 0.717) is 56.0 Å². The lowest BCUT2D eigenvalue weighted by molar-refractivity contribution is -0.292. The second kappa shape index (κ2) is 28.1. The molecule has 8 saturated heterocycles. The summed E-state index contributed by atoms with van der Waals surface area (Å²) in [5.74, 6) is -1.02. The van der Waals surface area contributed by atoms with Crippen molar-refractivity contribution < 1.29 is 68.6 Å². The highest BCUT2D eigenvalue weighted by atomic mass is 79.9. The molecule has 20 heteroatoms. The van der Waals surface area contributed by atoms with Crippen LogP contribution in [-0.4, -0.2) is 157 Å². The average molecular weight is 1330 g/mol. The molecule has 0 saturated carbocycles. The fourth-order valence-corrected chi connectivity index (χ4v) is 20.4. The van der Waals surface area contributed by atoms with Crippen molar-refractivity contribution in [3.8, 4) is 0 Å².